The number of aromatic nitrogens is 1. The maximum atomic E-state index is 11.3. The van der Waals surface area contributed by atoms with Gasteiger partial charge in [-0.25, -0.2) is 4.98 Å². The number of rotatable bonds is 2. The lowest BCUT2D eigenvalue weighted by Crippen LogP contribution is -2.09. The summed E-state index contributed by atoms with van der Waals surface area (Å²) in [4.78, 5) is 25.7. The Morgan fingerprint density at radius 3 is 2.36 bits per heavy atom. The molecule has 22 heavy (non-hydrogen) atoms. The molecule has 114 valence electrons. The van der Waals surface area contributed by atoms with Crippen molar-refractivity contribution in [2.75, 3.05) is 0 Å². The Morgan fingerprint density at radius 2 is 1.77 bits per heavy atom. The Kier molecular flexibility index (Phi) is 3.44. The molecule has 1 aliphatic rings. The second kappa shape index (κ2) is 5.17. The summed E-state index contributed by atoms with van der Waals surface area (Å²) in [7, 11) is 0. The largest absolute Gasteiger partial charge is 0.309 e. The minimum absolute atomic E-state index is 0.0240. The van der Waals surface area contributed by atoms with Crippen LogP contribution < -0.4 is 0 Å². The third kappa shape index (κ3) is 2.09. The van der Waals surface area contributed by atoms with Crippen molar-refractivity contribution in [3.05, 3.63) is 48.1 Å². The molecular formula is C14H12ClN3O4. The number of hydrogen-bond donors (Lipinski definition) is 0. The lowest BCUT2D eigenvalue weighted by molar-refractivity contribution is -0.385. The van der Waals surface area contributed by atoms with Gasteiger partial charge < -0.3 is 0 Å². The van der Waals surface area contributed by atoms with Gasteiger partial charge in [0.05, 0.1) is 15.4 Å². The van der Waals surface area contributed by atoms with Crippen LogP contribution in [0, 0.1) is 27.2 Å². The van der Waals surface area contributed by atoms with Gasteiger partial charge in [0.25, 0.3) is 5.69 Å². The van der Waals surface area contributed by atoms with Gasteiger partial charge >= 0.3 is 5.69 Å². The van der Waals surface area contributed by atoms with E-state index in [0.29, 0.717) is 23.9 Å². The molecule has 0 bridgehead atoms. The van der Waals surface area contributed by atoms with E-state index in [9.17, 15) is 20.2 Å². The van der Waals surface area contributed by atoms with Crippen molar-refractivity contribution >= 4 is 33.9 Å². The molecule has 2 aromatic rings. The number of nitrogens with zero attached hydrogens (tertiary/aromatic N) is 3. The lowest BCUT2D eigenvalue weighted by Gasteiger charge is -2.18. The molecule has 0 unspecified atom stereocenters. The summed E-state index contributed by atoms with van der Waals surface area (Å²) in [6.45, 7) is 1.53. The number of nitro benzene ring substituents is 1. The van der Waals surface area contributed by atoms with E-state index < -0.39 is 9.85 Å². The van der Waals surface area contributed by atoms with E-state index in [1.54, 1.807) is 0 Å². The molecule has 3 rings (SSSR count). The first-order valence-electron chi connectivity index (χ1n) is 6.85. The fourth-order valence-electron chi connectivity index (χ4n) is 3.08. The Hall–Kier alpha value is -2.28. The summed E-state index contributed by atoms with van der Waals surface area (Å²) in [5.74, 6) is 0. The van der Waals surface area contributed by atoms with Crippen LogP contribution in [0.1, 0.15) is 29.7 Å². The Bertz CT molecular complexity index is 835. The van der Waals surface area contributed by atoms with Crippen molar-refractivity contribution in [1.82, 2.24) is 4.98 Å². The summed E-state index contributed by atoms with van der Waals surface area (Å²) in [5, 5.41) is 22.7. The highest BCUT2D eigenvalue weighted by Crippen LogP contribution is 2.41. The quantitative estimate of drug-likeness (QED) is 0.617. The van der Waals surface area contributed by atoms with Gasteiger partial charge in [0.2, 0.25) is 0 Å². The zero-order valence-electron chi connectivity index (χ0n) is 11.8. The van der Waals surface area contributed by atoms with E-state index in [1.807, 2.05) is 0 Å². The van der Waals surface area contributed by atoms with E-state index in [0.717, 1.165) is 18.4 Å². The first-order valence-corrected chi connectivity index (χ1v) is 7.23. The summed E-state index contributed by atoms with van der Waals surface area (Å²) < 4.78 is 0. The van der Waals surface area contributed by atoms with Gasteiger partial charge in [0.1, 0.15) is 10.7 Å². The molecule has 1 aromatic carbocycles. The Balaban J connectivity index is 2.47. The Morgan fingerprint density at radius 1 is 1.14 bits per heavy atom. The highest BCUT2D eigenvalue weighted by atomic mass is 35.5. The van der Waals surface area contributed by atoms with Crippen molar-refractivity contribution in [2.45, 2.75) is 32.6 Å². The topological polar surface area (TPSA) is 99.2 Å². The minimum Gasteiger partial charge on any atom is -0.258 e. The molecule has 0 amide bonds. The molecule has 0 fully saturated rings. The van der Waals surface area contributed by atoms with Crippen molar-refractivity contribution in [3.63, 3.8) is 0 Å². The lowest BCUT2D eigenvalue weighted by atomic mass is 9.88. The molecule has 0 saturated heterocycles. The normalized spacial score (nSPS) is 13.9. The molecule has 0 atom stereocenters. The van der Waals surface area contributed by atoms with Gasteiger partial charge in [0.15, 0.2) is 0 Å². The second-order valence-corrected chi connectivity index (χ2v) is 5.71. The highest BCUT2D eigenvalue weighted by Gasteiger charge is 2.29. The summed E-state index contributed by atoms with van der Waals surface area (Å²) in [6, 6.07) is 1.32. The molecule has 0 spiro atoms. The van der Waals surface area contributed by atoms with Crippen molar-refractivity contribution in [1.29, 1.82) is 0 Å². The van der Waals surface area contributed by atoms with Crippen LogP contribution in [0.5, 0.6) is 0 Å². The number of pyridine rings is 1. The van der Waals surface area contributed by atoms with Crippen LogP contribution in [0.4, 0.5) is 11.4 Å². The van der Waals surface area contributed by atoms with Gasteiger partial charge in [-0.15, -0.1) is 0 Å². The Labute approximate surface area is 130 Å². The molecule has 1 aliphatic carbocycles. The number of hydrogen-bond acceptors (Lipinski definition) is 5. The second-order valence-electron chi connectivity index (χ2n) is 5.33. The number of fused-ring (bicyclic) bond motifs is 3. The standard InChI is InChI=1S/C14H12ClN3O4/c1-7-14(18(21)22)12(15)10-6-11(17(19)20)8-4-2-3-5-9(8)13(10)16-7/h6H,2-5H2,1H3. The predicted molar refractivity (Wildman–Crippen MR) is 81.4 cm³/mol. The SMILES string of the molecule is Cc1nc2c3c(c([N+](=O)[O-])cc2c(Cl)c1[N+](=O)[O-])CCCC3. The molecule has 8 heteroatoms. The maximum Gasteiger partial charge on any atom is 0.309 e. The van der Waals surface area contributed by atoms with E-state index in [2.05, 4.69) is 4.98 Å². The van der Waals surface area contributed by atoms with E-state index in [4.69, 9.17) is 11.6 Å². The average molecular weight is 322 g/mol. The molecule has 0 radical (unpaired) electrons. The zero-order valence-corrected chi connectivity index (χ0v) is 12.5. The number of aryl methyl sites for hydroxylation is 2. The molecule has 1 aromatic heterocycles. The highest BCUT2D eigenvalue weighted by molar-refractivity contribution is 6.37. The van der Waals surface area contributed by atoms with Gasteiger partial charge in [0, 0.05) is 17.0 Å². The average Bonchev–Trinajstić information content (AvgIpc) is 2.46. The molecule has 7 nitrogen and oxygen atoms in total. The summed E-state index contributed by atoms with van der Waals surface area (Å²) in [6.07, 6.45) is 3.10. The van der Waals surface area contributed by atoms with E-state index >= 15 is 0 Å². The predicted octanol–water partition coefficient (Wildman–Crippen LogP) is 3.89. The number of nitro groups is 2. The molecule has 1 heterocycles. The van der Waals surface area contributed by atoms with Gasteiger partial charge in [-0.2, -0.15) is 0 Å². The molecule has 0 saturated carbocycles. The summed E-state index contributed by atoms with van der Waals surface area (Å²) >= 11 is 6.16. The number of halogens is 1. The minimum atomic E-state index is -0.602. The van der Waals surface area contributed by atoms with Crippen molar-refractivity contribution in [2.24, 2.45) is 0 Å². The van der Waals surface area contributed by atoms with Gasteiger partial charge in [-0.1, -0.05) is 11.6 Å². The van der Waals surface area contributed by atoms with E-state index in [-0.39, 0.29) is 27.5 Å². The summed E-state index contributed by atoms with van der Waals surface area (Å²) in [5.41, 5.74) is 1.94. The monoisotopic (exact) mass is 321 g/mol. The zero-order chi connectivity index (χ0) is 16.0. The van der Waals surface area contributed by atoms with E-state index in [1.165, 1.54) is 13.0 Å². The molecule has 0 aliphatic heterocycles. The fourth-order valence-corrected chi connectivity index (χ4v) is 3.43. The third-order valence-electron chi connectivity index (χ3n) is 4.04. The first kappa shape index (κ1) is 14.6. The molecule has 0 N–H and O–H groups in total. The van der Waals surface area contributed by atoms with Crippen LogP contribution in [0.3, 0.4) is 0 Å². The van der Waals surface area contributed by atoms with Crippen LogP contribution in [0.25, 0.3) is 10.9 Å². The fraction of sp³-hybridized carbons (Fsp3) is 0.357. The van der Waals surface area contributed by atoms with Crippen LogP contribution in [-0.2, 0) is 12.8 Å². The van der Waals surface area contributed by atoms with Crippen LogP contribution in [-0.4, -0.2) is 14.8 Å². The van der Waals surface area contributed by atoms with Crippen LogP contribution in [0.2, 0.25) is 5.02 Å². The third-order valence-corrected chi connectivity index (χ3v) is 4.43. The van der Waals surface area contributed by atoms with Gasteiger partial charge in [-0.05, 0) is 38.2 Å². The van der Waals surface area contributed by atoms with Crippen molar-refractivity contribution < 1.29 is 9.85 Å². The van der Waals surface area contributed by atoms with Crippen molar-refractivity contribution in [3.8, 4) is 0 Å². The van der Waals surface area contributed by atoms with Gasteiger partial charge in [-0.3, -0.25) is 20.2 Å². The van der Waals surface area contributed by atoms with Crippen LogP contribution >= 0.6 is 11.6 Å². The smallest absolute Gasteiger partial charge is 0.258 e. The first-order chi connectivity index (χ1) is 10.4. The maximum absolute atomic E-state index is 11.3. The van der Waals surface area contributed by atoms with Crippen LogP contribution in [0.15, 0.2) is 6.07 Å². The molecular weight excluding hydrogens is 310 g/mol. The number of benzene rings is 1.